The summed E-state index contributed by atoms with van der Waals surface area (Å²) in [6, 6.07) is 14.4. The number of fused-ring (bicyclic) bond motifs is 1. The average Bonchev–Trinajstić information content (AvgIpc) is 2.45. The van der Waals surface area contributed by atoms with Crippen LogP contribution in [0.5, 0.6) is 5.75 Å². The monoisotopic (exact) mass is 301 g/mol. The fourth-order valence-electron chi connectivity index (χ4n) is 2.52. The van der Waals surface area contributed by atoms with Crippen molar-refractivity contribution in [1.82, 2.24) is 0 Å². The van der Waals surface area contributed by atoms with E-state index in [4.69, 9.17) is 16.3 Å². The van der Waals surface area contributed by atoms with E-state index in [9.17, 15) is 0 Å². The summed E-state index contributed by atoms with van der Waals surface area (Å²) in [6.07, 6.45) is 0.0185. The van der Waals surface area contributed by atoms with Crippen molar-refractivity contribution < 1.29 is 4.74 Å². The molecule has 2 aromatic rings. The maximum absolute atomic E-state index is 6.08. The molecular weight excluding hydrogens is 282 g/mol. The van der Waals surface area contributed by atoms with Gasteiger partial charge in [0, 0.05) is 11.1 Å². The van der Waals surface area contributed by atoms with Gasteiger partial charge >= 0.3 is 0 Å². The molecule has 0 spiro atoms. The van der Waals surface area contributed by atoms with Gasteiger partial charge in [-0.2, -0.15) is 0 Å². The van der Waals surface area contributed by atoms with Gasteiger partial charge in [-0.25, -0.2) is 0 Å². The van der Waals surface area contributed by atoms with Gasteiger partial charge in [-0.15, -0.1) is 0 Å². The molecule has 1 atom stereocenters. The van der Waals surface area contributed by atoms with Crippen molar-refractivity contribution in [2.45, 2.75) is 32.3 Å². The summed E-state index contributed by atoms with van der Waals surface area (Å²) in [7, 11) is 0. The highest BCUT2D eigenvalue weighted by Crippen LogP contribution is 2.36. The Labute approximate surface area is 131 Å². The minimum absolute atomic E-state index is 0.0185. The second-order valence-electron chi connectivity index (χ2n) is 6.50. The van der Waals surface area contributed by atoms with Crippen LogP contribution in [0.3, 0.4) is 0 Å². The molecule has 0 aliphatic carbocycles. The first-order chi connectivity index (χ1) is 9.93. The van der Waals surface area contributed by atoms with Gasteiger partial charge < -0.3 is 10.1 Å². The van der Waals surface area contributed by atoms with E-state index in [0.717, 1.165) is 18.0 Å². The van der Waals surface area contributed by atoms with Crippen molar-refractivity contribution >= 4 is 17.3 Å². The summed E-state index contributed by atoms with van der Waals surface area (Å²) in [5.74, 6) is 0.818. The second-order valence-corrected chi connectivity index (χ2v) is 6.94. The summed E-state index contributed by atoms with van der Waals surface area (Å²) in [6.45, 7) is 7.43. The Morgan fingerprint density at radius 2 is 1.81 bits per heavy atom. The van der Waals surface area contributed by atoms with Crippen LogP contribution in [0.1, 0.15) is 38.0 Å². The lowest BCUT2D eigenvalue weighted by atomic mass is 9.86. The van der Waals surface area contributed by atoms with E-state index in [2.05, 4.69) is 50.4 Å². The first-order valence-corrected chi connectivity index (χ1v) is 7.62. The van der Waals surface area contributed by atoms with Crippen molar-refractivity contribution in [3.63, 3.8) is 0 Å². The van der Waals surface area contributed by atoms with E-state index in [1.807, 2.05) is 18.2 Å². The van der Waals surface area contributed by atoms with Gasteiger partial charge in [0.1, 0.15) is 11.9 Å². The SMILES string of the molecule is CC(C)(C)c1ccc(C2CNc3ccc(Cl)cc3O2)cc1. The fourth-order valence-corrected chi connectivity index (χ4v) is 2.68. The fraction of sp³-hybridized carbons (Fsp3) is 0.333. The number of rotatable bonds is 1. The maximum atomic E-state index is 6.08. The van der Waals surface area contributed by atoms with Crippen LogP contribution in [0.25, 0.3) is 0 Å². The molecular formula is C18H20ClNO. The molecule has 1 aliphatic heterocycles. The number of ether oxygens (including phenoxy) is 1. The van der Waals surface area contributed by atoms with E-state index in [0.29, 0.717) is 5.02 Å². The molecule has 1 N–H and O–H groups in total. The molecule has 0 bridgehead atoms. The molecule has 1 unspecified atom stereocenters. The van der Waals surface area contributed by atoms with Crippen molar-refractivity contribution in [2.24, 2.45) is 0 Å². The van der Waals surface area contributed by atoms with Crippen molar-refractivity contribution in [3.8, 4) is 5.75 Å². The van der Waals surface area contributed by atoms with Crippen LogP contribution in [0.4, 0.5) is 5.69 Å². The largest absolute Gasteiger partial charge is 0.482 e. The predicted molar refractivity (Wildman–Crippen MR) is 88.5 cm³/mol. The number of nitrogens with one attached hydrogen (secondary N) is 1. The highest BCUT2D eigenvalue weighted by atomic mass is 35.5. The molecule has 1 aliphatic rings. The normalized spacial score (nSPS) is 17.6. The van der Waals surface area contributed by atoms with Crippen LogP contribution in [-0.2, 0) is 5.41 Å². The smallest absolute Gasteiger partial charge is 0.144 e. The quantitative estimate of drug-likeness (QED) is 0.783. The molecule has 110 valence electrons. The number of hydrogen-bond acceptors (Lipinski definition) is 2. The summed E-state index contributed by atoms with van der Waals surface area (Å²) >= 11 is 6.03. The molecule has 0 amide bonds. The lowest BCUT2D eigenvalue weighted by Gasteiger charge is -2.28. The first-order valence-electron chi connectivity index (χ1n) is 7.24. The number of benzene rings is 2. The summed E-state index contributed by atoms with van der Waals surface area (Å²) < 4.78 is 6.08. The van der Waals surface area contributed by atoms with Crippen molar-refractivity contribution in [1.29, 1.82) is 0 Å². The lowest BCUT2D eigenvalue weighted by molar-refractivity contribution is 0.210. The van der Waals surface area contributed by atoms with E-state index in [1.54, 1.807) is 0 Å². The third-order valence-corrected chi connectivity index (χ3v) is 4.07. The summed E-state index contributed by atoms with van der Waals surface area (Å²) in [5, 5.41) is 4.09. The molecule has 2 aromatic carbocycles. The molecule has 0 aromatic heterocycles. The molecule has 0 saturated carbocycles. The Bertz CT molecular complexity index is 643. The second kappa shape index (κ2) is 5.27. The first kappa shape index (κ1) is 14.3. The Balaban J connectivity index is 1.83. The molecule has 21 heavy (non-hydrogen) atoms. The summed E-state index contributed by atoms with van der Waals surface area (Å²) in [5.41, 5.74) is 3.69. The lowest BCUT2D eigenvalue weighted by Crippen LogP contribution is -2.23. The molecule has 1 heterocycles. The van der Waals surface area contributed by atoms with Crippen LogP contribution in [0.15, 0.2) is 42.5 Å². The third-order valence-electron chi connectivity index (χ3n) is 3.84. The zero-order valence-corrected chi connectivity index (χ0v) is 13.4. The Morgan fingerprint density at radius 3 is 2.48 bits per heavy atom. The molecule has 0 radical (unpaired) electrons. The average molecular weight is 302 g/mol. The minimum atomic E-state index is 0.0185. The third kappa shape index (κ3) is 3.01. The number of halogens is 1. The van der Waals surface area contributed by atoms with Crippen LogP contribution < -0.4 is 10.1 Å². The van der Waals surface area contributed by atoms with Crippen molar-refractivity contribution in [2.75, 3.05) is 11.9 Å². The van der Waals surface area contributed by atoms with Gasteiger partial charge in [-0.3, -0.25) is 0 Å². The predicted octanol–water partition coefficient (Wildman–Crippen LogP) is 5.18. The molecule has 0 fully saturated rings. The van der Waals surface area contributed by atoms with Crippen LogP contribution in [0, 0.1) is 0 Å². The number of anilines is 1. The van der Waals surface area contributed by atoms with E-state index >= 15 is 0 Å². The van der Waals surface area contributed by atoms with Gasteiger partial charge in [0.25, 0.3) is 0 Å². The Kier molecular flexibility index (Phi) is 3.58. The highest BCUT2D eigenvalue weighted by Gasteiger charge is 2.22. The van der Waals surface area contributed by atoms with Gasteiger partial charge in [-0.05, 0) is 28.7 Å². The molecule has 3 heteroatoms. The molecule has 2 nitrogen and oxygen atoms in total. The number of hydrogen-bond donors (Lipinski definition) is 1. The van der Waals surface area contributed by atoms with Crippen molar-refractivity contribution in [3.05, 3.63) is 58.6 Å². The van der Waals surface area contributed by atoms with E-state index in [1.165, 1.54) is 11.1 Å². The standard InChI is InChI=1S/C18H20ClNO/c1-18(2,3)13-6-4-12(5-7-13)17-11-20-15-9-8-14(19)10-16(15)21-17/h4-10,17,20H,11H2,1-3H3. The Morgan fingerprint density at radius 1 is 1.10 bits per heavy atom. The highest BCUT2D eigenvalue weighted by molar-refractivity contribution is 6.30. The zero-order chi connectivity index (χ0) is 15.0. The van der Waals surface area contributed by atoms with Gasteiger partial charge in [0.2, 0.25) is 0 Å². The van der Waals surface area contributed by atoms with E-state index < -0.39 is 0 Å². The zero-order valence-electron chi connectivity index (χ0n) is 12.6. The molecule has 3 rings (SSSR count). The topological polar surface area (TPSA) is 21.3 Å². The van der Waals surface area contributed by atoms with Gasteiger partial charge in [0.15, 0.2) is 0 Å². The van der Waals surface area contributed by atoms with Gasteiger partial charge in [-0.1, -0.05) is 56.6 Å². The Hall–Kier alpha value is -1.67. The van der Waals surface area contributed by atoms with Crippen LogP contribution in [-0.4, -0.2) is 6.54 Å². The summed E-state index contributed by atoms with van der Waals surface area (Å²) in [4.78, 5) is 0. The maximum Gasteiger partial charge on any atom is 0.144 e. The minimum Gasteiger partial charge on any atom is -0.482 e. The van der Waals surface area contributed by atoms with Crippen LogP contribution in [0.2, 0.25) is 5.02 Å². The van der Waals surface area contributed by atoms with Gasteiger partial charge in [0.05, 0.1) is 12.2 Å². The van der Waals surface area contributed by atoms with E-state index in [-0.39, 0.29) is 11.5 Å². The molecule has 0 saturated heterocycles. The van der Waals surface area contributed by atoms with Crippen LogP contribution >= 0.6 is 11.6 Å².